The molecule has 0 bridgehead atoms. The predicted molar refractivity (Wildman–Crippen MR) is 74.5 cm³/mol. The van der Waals surface area contributed by atoms with Crippen molar-refractivity contribution in [2.24, 2.45) is 5.73 Å². The second-order valence-corrected chi connectivity index (χ2v) is 4.22. The first kappa shape index (κ1) is 15.3. The summed E-state index contributed by atoms with van der Waals surface area (Å²) in [5.74, 6) is 1.01. The number of nitrogens with two attached hydrogens (primary N) is 1. The van der Waals surface area contributed by atoms with Gasteiger partial charge in [0.2, 0.25) is 5.91 Å². The predicted octanol–water partition coefficient (Wildman–Crippen LogP) is 1.10. The van der Waals surface area contributed by atoms with Crippen LogP contribution in [0.15, 0.2) is 18.2 Å². The number of rotatable bonds is 8. The Balaban J connectivity index is 2.60. The van der Waals surface area contributed by atoms with Gasteiger partial charge in [-0.05, 0) is 31.2 Å². The molecule has 0 saturated heterocycles. The summed E-state index contributed by atoms with van der Waals surface area (Å²) in [6, 6.07) is 5.47. The summed E-state index contributed by atoms with van der Waals surface area (Å²) in [7, 11) is 3.31. The van der Waals surface area contributed by atoms with Crippen molar-refractivity contribution >= 4 is 5.91 Å². The van der Waals surface area contributed by atoms with Crippen molar-refractivity contribution in [3.05, 3.63) is 23.8 Å². The van der Waals surface area contributed by atoms with Crippen LogP contribution in [0, 0.1) is 0 Å². The molecule has 5 heteroatoms. The third kappa shape index (κ3) is 4.44. The molecule has 0 saturated carbocycles. The van der Waals surface area contributed by atoms with Gasteiger partial charge in [-0.2, -0.15) is 0 Å². The minimum atomic E-state index is -0.376. The number of amides is 1. The first-order valence-corrected chi connectivity index (χ1v) is 6.38. The summed E-state index contributed by atoms with van der Waals surface area (Å²) < 4.78 is 10.9. The van der Waals surface area contributed by atoms with E-state index in [0.717, 1.165) is 6.42 Å². The van der Waals surface area contributed by atoms with E-state index >= 15 is 0 Å². The molecule has 0 heterocycles. The van der Waals surface area contributed by atoms with E-state index in [1.165, 1.54) is 5.56 Å². The highest BCUT2D eigenvalue weighted by Gasteiger charge is 2.13. The van der Waals surface area contributed by atoms with Crippen LogP contribution in [-0.4, -0.2) is 32.7 Å². The minimum absolute atomic E-state index is 0.374. The Morgan fingerprint density at radius 2 is 2.16 bits per heavy atom. The van der Waals surface area contributed by atoms with Gasteiger partial charge in [0.05, 0.1) is 19.8 Å². The Morgan fingerprint density at radius 3 is 2.68 bits per heavy atom. The Hall–Kier alpha value is -1.75. The molecular weight excluding hydrogens is 244 g/mol. The monoisotopic (exact) mass is 266 g/mol. The van der Waals surface area contributed by atoms with Crippen LogP contribution in [0.4, 0.5) is 0 Å². The lowest BCUT2D eigenvalue weighted by atomic mass is 10.1. The molecule has 0 aromatic heterocycles. The largest absolute Gasteiger partial charge is 0.493 e. The average molecular weight is 266 g/mol. The molecule has 19 heavy (non-hydrogen) atoms. The molecular formula is C14H22N2O3. The SMILES string of the molecule is CCc1ccc(OCCC(NC)C(N)=O)c(OC)c1. The lowest BCUT2D eigenvalue weighted by molar-refractivity contribution is -0.120. The smallest absolute Gasteiger partial charge is 0.234 e. The van der Waals surface area contributed by atoms with E-state index in [4.69, 9.17) is 15.2 Å². The molecule has 0 aliphatic rings. The van der Waals surface area contributed by atoms with Gasteiger partial charge >= 0.3 is 0 Å². The number of aryl methyl sites for hydroxylation is 1. The van der Waals surface area contributed by atoms with E-state index in [9.17, 15) is 4.79 Å². The molecule has 1 unspecified atom stereocenters. The van der Waals surface area contributed by atoms with Gasteiger partial charge in [-0.1, -0.05) is 13.0 Å². The number of methoxy groups -OCH3 is 1. The van der Waals surface area contributed by atoms with Crippen molar-refractivity contribution in [1.29, 1.82) is 0 Å². The second kappa shape index (κ2) is 7.63. The van der Waals surface area contributed by atoms with Crippen molar-refractivity contribution in [3.63, 3.8) is 0 Å². The highest BCUT2D eigenvalue weighted by molar-refractivity contribution is 5.79. The summed E-state index contributed by atoms with van der Waals surface area (Å²) in [4.78, 5) is 11.1. The number of hydrogen-bond donors (Lipinski definition) is 2. The average Bonchev–Trinajstić information content (AvgIpc) is 2.43. The Labute approximate surface area is 114 Å². The van der Waals surface area contributed by atoms with Crippen LogP contribution in [0.2, 0.25) is 0 Å². The van der Waals surface area contributed by atoms with E-state index in [2.05, 4.69) is 12.2 Å². The van der Waals surface area contributed by atoms with Crippen molar-refractivity contribution in [3.8, 4) is 11.5 Å². The standard InChI is InChI=1S/C14H22N2O3/c1-4-10-5-6-12(13(9-10)18-3)19-8-7-11(16-2)14(15)17/h5-6,9,11,16H,4,7-8H2,1-3H3,(H2,15,17). The molecule has 106 valence electrons. The fourth-order valence-corrected chi connectivity index (χ4v) is 1.77. The molecule has 0 radical (unpaired) electrons. The topological polar surface area (TPSA) is 73.6 Å². The first-order valence-electron chi connectivity index (χ1n) is 6.38. The maximum atomic E-state index is 11.1. The highest BCUT2D eigenvalue weighted by Crippen LogP contribution is 2.28. The number of carbonyl (C=O) groups is 1. The van der Waals surface area contributed by atoms with Gasteiger partial charge < -0.3 is 20.5 Å². The maximum absolute atomic E-state index is 11.1. The van der Waals surface area contributed by atoms with Gasteiger partial charge in [-0.25, -0.2) is 0 Å². The summed E-state index contributed by atoms with van der Waals surface area (Å²) in [6.07, 6.45) is 1.46. The van der Waals surface area contributed by atoms with Crippen LogP contribution in [0.25, 0.3) is 0 Å². The zero-order valence-corrected chi connectivity index (χ0v) is 11.7. The third-order valence-electron chi connectivity index (χ3n) is 2.99. The van der Waals surface area contributed by atoms with Crippen LogP contribution < -0.4 is 20.5 Å². The molecule has 5 nitrogen and oxygen atoms in total. The van der Waals surface area contributed by atoms with Crippen molar-refractivity contribution in [2.45, 2.75) is 25.8 Å². The molecule has 1 rings (SSSR count). The van der Waals surface area contributed by atoms with Gasteiger partial charge in [0.1, 0.15) is 0 Å². The summed E-state index contributed by atoms with van der Waals surface area (Å²) in [5.41, 5.74) is 6.43. The van der Waals surface area contributed by atoms with E-state index in [1.54, 1.807) is 14.2 Å². The number of primary amides is 1. The highest BCUT2D eigenvalue weighted by atomic mass is 16.5. The molecule has 1 amide bonds. The number of benzene rings is 1. The molecule has 0 aliphatic heterocycles. The van der Waals surface area contributed by atoms with Gasteiger partial charge in [0.25, 0.3) is 0 Å². The number of hydrogen-bond acceptors (Lipinski definition) is 4. The number of likely N-dealkylation sites (N-methyl/N-ethyl adjacent to an activating group) is 1. The lowest BCUT2D eigenvalue weighted by Crippen LogP contribution is -2.40. The van der Waals surface area contributed by atoms with E-state index in [1.807, 2.05) is 18.2 Å². The molecule has 1 atom stereocenters. The quantitative estimate of drug-likeness (QED) is 0.739. The maximum Gasteiger partial charge on any atom is 0.234 e. The Bertz CT molecular complexity index is 421. The molecule has 0 spiro atoms. The van der Waals surface area contributed by atoms with Crippen LogP contribution in [0.5, 0.6) is 11.5 Å². The first-order chi connectivity index (χ1) is 9.12. The summed E-state index contributed by atoms with van der Waals surface area (Å²) in [5, 5.41) is 2.85. The molecule has 0 aliphatic carbocycles. The molecule has 0 fully saturated rings. The number of nitrogens with one attached hydrogen (secondary N) is 1. The number of carbonyl (C=O) groups excluding carboxylic acids is 1. The van der Waals surface area contributed by atoms with Gasteiger partial charge in [0.15, 0.2) is 11.5 Å². The van der Waals surface area contributed by atoms with E-state index in [0.29, 0.717) is 24.5 Å². The van der Waals surface area contributed by atoms with E-state index < -0.39 is 0 Å². The van der Waals surface area contributed by atoms with Gasteiger partial charge in [0, 0.05) is 6.42 Å². The Kier molecular flexibility index (Phi) is 6.15. The van der Waals surface area contributed by atoms with Gasteiger partial charge in [-0.3, -0.25) is 4.79 Å². The fraction of sp³-hybridized carbons (Fsp3) is 0.500. The zero-order chi connectivity index (χ0) is 14.3. The third-order valence-corrected chi connectivity index (χ3v) is 2.99. The zero-order valence-electron chi connectivity index (χ0n) is 11.7. The summed E-state index contributed by atoms with van der Waals surface area (Å²) in [6.45, 7) is 2.48. The fourth-order valence-electron chi connectivity index (χ4n) is 1.77. The van der Waals surface area contributed by atoms with Crippen molar-refractivity contribution in [2.75, 3.05) is 20.8 Å². The Morgan fingerprint density at radius 1 is 1.42 bits per heavy atom. The second-order valence-electron chi connectivity index (χ2n) is 4.22. The van der Waals surface area contributed by atoms with Crippen LogP contribution in [0.3, 0.4) is 0 Å². The molecule has 1 aromatic carbocycles. The van der Waals surface area contributed by atoms with Crippen molar-refractivity contribution in [1.82, 2.24) is 5.32 Å². The van der Waals surface area contributed by atoms with Crippen LogP contribution in [0.1, 0.15) is 18.9 Å². The minimum Gasteiger partial charge on any atom is -0.493 e. The molecule has 1 aromatic rings. The van der Waals surface area contributed by atoms with E-state index in [-0.39, 0.29) is 11.9 Å². The van der Waals surface area contributed by atoms with Gasteiger partial charge in [-0.15, -0.1) is 0 Å². The van der Waals surface area contributed by atoms with Crippen LogP contribution in [-0.2, 0) is 11.2 Å². The van der Waals surface area contributed by atoms with Crippen molar-refractivity contribution < 1.29 is 14.3 Å². The number of ether oxygens (including phenoxy) is 2. The normalized spacial score (nSPS) is 11.9. The van der Waals surface area contributed by atoms with Crippen LogP contribution >= 0.6 is 0 Å². The lowest BCUT2D eigenvalue weighted by Gasteiger charge is -2.15. The molecule has 3 N–H and O–H groups in total. The summed E-state index contributed by atoms with van der Waals surface area (Å²) >= 11 is 0.